The Kier molecular flexibility index (Phi) is 8.81. The highest BCUT2D eigenvalue weighted by atomic mass is 127. The van der Waals surface area contributed by atoms with Gasteiger partial charge in [-0.3, -0.25) is 14.9 Å². The van der Waals surface area contributed by atoms with Gasteiger partial charge < -0.3 is 19.3 Å². The number of nitro groups is 1. The number of halogens is 1. The first-order chi connectivity index (χ1) is 18.4. The third-order valence-electron chi connectivity index (χ3n) is 6.11. The van der Waals surface area contributed by atoms with Gasteiger partial charge in [0.1, 0.15) is 18.2 Å². The molecule has 0 N–H and O–H groups in total. The Bertz CT molecular complexity index is 1400. The summed E-state index contributed by atoms with van der Waals surface area (Å²) in [6.07, 6.45) is 1.56. The van der Waals surface area contributed by atoms with E-state index in [2.05, 4.69) is 27.5 Å². The van der Waals surface area contributed by atoms with Crippen LogP contribution in [0.25, 0.3) is 6.08 Å². The fourth-order valence-electron chi connectivity index (χ4n) is 4.16. The fourth-order valence-corrected chi connectivity index (χ4v) is 4.94. The van der Waals surface area contributed by atoms with Crippen molar-refractivity contribution in [1.29, 1.82) is 5.26 Å². The Morgan fingerprint density at radius 3 is 2.50 bits per heavy atom. The lowest BCUT2D eigenvalue weighted by molar-refractivity contribution is -0.384. The van der Waals surface area contributed by atoms with Crippen LogP contribution in [-0.2, 0) is 11.4 Å². The molecule has 0 radical (unpaired) electrons. The molecule has 1 fully saturated rings. The van der Waals surface area contributed by atoms with E-state index in [0.29, 0.717) is 52.4 Å². The van der Waals surface area contributed by atoms with Crippen LogP contribution in [0.5, 0.6) is 11.5 Å². The summed E-state index contributed by atoms with van der Waals surface area (Å²) in [5, 5.41) is 20.8. The number of hydrogen-bond acceptors (Lipinski definition) is 7. The number of nitro benzene ring substituents is 1. The topological polar surface area (TPSA) is 109 Å². The summed E-state index contributed by atoms with van der Waals surface area (Å²) >= 11 is 2.10. The molecule has 3 aromatic rings. The van der Waals surface area contributed by atoms with E-state index in [9.17, 15) is 20.2 Å². The fraction of sp³-hybridized carbons (Fsp3) is 0.214. The molecule has 0 aliphatic carbocycles. The highest BCUT2D eigenvalue weighted by Crippen LogP contribution is 2.35. The van der Waals surface area contributed by atoms with E-state index in [1.54, 1.807) is 35.2 Å². The highest BCUT2D eigenvalue weighted by molar-refractivity contribution is 14.1. The normalized spacial score (nSPS) is 13.6. The van der Waals surface area contributed by atoms with Gasteiger partial charge >= 0.3 is 0 Å². The van der Waals surface area contributed by atoms with Gasteiger partial charge in [0.15, 0.2) is 11.5 Å². The van der Waals surface area contributed by atoms with Gasteiger partial charge in [-0.25, -0.2) is 0 Å². The molecule has 4 rings (SSSR count). The number of methoxy groups -OCH3 is 1. The molecular weight excluding hydrogens is 599 g/mol. The molecule has 1 aliphatic rings. The predicted octanol–water partition coefficient (Wildman–Crippen LogP) is 5.04. The van der Waals surface area contributed by atoms with E-state index in [1.807, 2.05) is 36.4 Å². The summed E-state index contributed by atoms with van der Waals surface area (Å²) in [5.74, 6) is 0.591. The van der Waals surface area contributed by atoms with E-state index in [0.717, 1.165) is 5.69 Å². The zero-order valence-corrected chi connectivity index (χ0v) is 22.8. The summed E-state index contributed by atoms with van der Waals surface area (Å²) in [5.41, 5.74) is 2.42. The maximum absolute atomic E-state index is 13.1. The van der Waals surface area contributed by atoms with Crippen molar-refractivity contribution in [2.45, 2.75) is 6.61 Å². The molecule has 0 unspecified atom stereocenters. The number of rotatable bonds is 8. The number of nitrogens with zero attached hydrogens (tertiary/aromatic N) is 4. The van der Waals surface area contributed by atoms with Crippen molar-refractivity contribution in [1.82, 2.24) is 4.90 Å². The van der Waals surface area contributed by atoms with Crippen LogP contribution < -0.4 is 14.4 Å². The van der Waals surface area contributed by atoms with Gasteiger partial charge in [-0.15, -0.1) is 0 Å². The molecule has 1 heterocycles. The molecule has 194 valence electrons. The van der Waals surface area contributed by atoms with Crippen LogP contribution in [0.2, 0.25) is 0 Å². The average Bonchev–Trinajstić information content (AvgIpc) is 2.95. The monoisotopic (exact) mass is 624 g/mol. The molecular formula is C28H25IN4O5. The van der Waals surface area contributed by atoms with Crippen molar-refractivity contribution < 1.29 is 19.2 Å². The third kappa shape index (κ3) is 6.41. The van der Waals surface area contributed by atoms with E-state index in [-0.39, 0.29) is 23.8 Å². The van der Waals surface area contributed by atoms with Crippen LogP contribution in [0.3, 0.4) is 0 Å². The highest BCUT2D eigenvalue weighted by Gasteiger charge is 2.24. The first-order valence-electron chi connectivity index (χ1n) is 11.8. The summed E-state index contributed by atoms with van der Waals surface area (Å²) in [6, 6.07) is 21.8. The first kappa shape index (κ1) is 26.9. The maximum Gasteiger partial charge on any atom is 0.269 e. The van der Waals surface area contributed by atoms with Crippen LogP contribution in [0.15, 0.2) is 72.3 Å². The SMILES string of the molecule is COc1cc(/C=C(/C#N)C(=O)N2CCN(c3ccccc3)CC2)cc(I)c1OCc1cccc([N+](=O)[O-])c1. The zero-order chi connectivity index (χ0) is 27.1. The molecule has 3 aromatic carbocycles. The van der Waals surface area contributed by atoms with Gasteiger partial charge in [0.25, 0.3) is 11.6 Å². The lowest BCUT2D eigenvalue weighted by Gasteiger charge is -2.36. The Morgan fingerprint density at radius 1 is 1.11 bits per heavy atom. The lowest BCUT2D eigenvalue weighted by Crippen LogP contribution is -2.49. The van der Waals surface area contributed by atoms with Gasteiger partial charge in [0.2, 0.25) is 0 Å². The van der Waals surface area contributed by atoms with Gasteiger partial charge in [0, 0.05) is 44.0 Å². The Labute approximate surface area is 234 Å². The van der Waals surface area contributed by atoms with Crippen molar-refractivity contribution >= 4 is 45.9 Å². The van der Waals surface area contributed by atoms with Crippen LogP contribution in [0.1, 0.15) is 11.1 Å². The van der Waals surface area contributed by atoms with Gasteiger partial charge in [-0.2, -0.15) is 5.26 Å². The van der Waals surface area contributed by atoms with E-state index in [4.69, 9.17) is 9.47 Å². The van der Waals surface area contributed by atoms with Gasteiger partial charge in [-0.1, -0.05) is 30.3 Å². The standard InChI is InChI=1S/C28H25IN4O5/c1-37-26-17-21(16-25(29)27(26)38-19-20-6-5-9-24(15-20)33(35)36)14-22(18-30)28(34)32-12-10-31(11-13-32)23-7-3-2-4-8-23/h2-9,14-17H,10-13,19H2,1H3/b22-14-. The second-order valence-electron chi connectivity index (χ2n) is 8.53. The summed E-state index contributed by atoms with van der Waals surface area (Å²) in [4.78, 5) is 27.6. The molecule has 1 saturated heterocycles. The van der Waals surface area contributed by atoms with Crippen LogP contribution in [0.4, 0.5) is 11.4 Å². The number of non-ortho nitro benzene ring substituents is 1. The third-order valence-corrected chi connectivity index (χ3v) is 6.91. The number of piperazine rings is 1. The Balaban J connectivity index is 1.47. The van der Waals surface area contributed by atoms with E-state index in [1.165, 1.54) is 19.2 Å². The number of carbonyl (C=O) groups is 1. The molecule has 1 amide bonds. The van der Waals surface area contributed by atoms with Crippen molar-refractivity contribution in [2.75, 3.05) is 38.2 Å². The van der Waals surface area contributed by atoms with Crippen molar-refractivity contribution in [3.8, 4) is 17.6 Å². The van der Waals surface area contributed by atoms with Gasteiger partial charge in [0.05, 0.1) is 15.6 Å². The number of amides is 1. The smallest absolute Gasteiger partial charge is 0.269 e. The molecule has 1 aliphatic heterocycles. The number of nitriles is 1. The minimum atomic E-state index is -0.452. The summed E-state index contributed by atoms with van der Waals surface area (Å²) in [7, 11) is 1.50. The number of para-hydroxylation sites is 1. The predicted molar refractivity (Wildman–Crippen MR) is 152 cm³/mol. The minimum Gasteiger partial charge on any atom is -0.493 e. The Morgan fingerprint density at radius 2 is 1.84 bits per heavy atom. The van der Waals surface area contributed by atoms with Crippen molar-refractivity contribution in [3.63, 3.8) is 0 Å². The average molecular weight is 624 g/mol. The summed E-state index contributed by atoms with van der Waals surface area (Å²) < 4.78 is 12.2. The molecule has 0 spiro atoms. The van der Waals surface area contributed by atoms with Crippen LogP contribution >= 0.6 is 22.6 Å². The molecule has 0 aromatic heterocycles. The van der Waals surface area contributed by atoms with Crippen LogP contribution in [0, 0.1) is 25.0 Å². The molecule has 10 heteroatoms. The van der Waals surface area contributed by atoms with Crippen molar-refractivity contribution in [3.05, 3.63) is 97.1 Å². The number of hydrogen-bond donors (Lipinski definition) is 0. The lowest BCUT2D eigenvalue weighted by atomic mass is 10.1. The quantitative estimate of drug-likeness (QED) is 0.114. The van der Waals surface area contributed by atoms with Gasteiger partial charge in [-0.05, 0) is 64.1 Å². The largest absolute Gasteiger partial charge is 0.493 e. The Hall–Kier alpha value is -4.11. The molecule has 38 heavy (non-hydrogen) atoms. The second-order valence-corrected chi connectivity index (χ2v) is 9.70. The maximum atomic E-state index is 13.1. The number of carbonyl (C=O) groups excluding carboxylic acids is 1. The zero-order valence-electron chi connectivity index (χ0n) is 20.7. The van der Waals surface area contributed by atoms with Crippen molar-refractivity contribution in [2.24, 2.45) is 0 Å². The number of ether oxygens (including phenoxy) is 2. The molecule has 0 bridgehead atoms. The second kappa shape index (κ2) is 12.4. The number of benzene rings is 3. The minimum absolute atomic E-state index is 0.0107. The molecule has 9 nitrogen and oxygen atoms in total. The van der Waals surface area contributed by atoms with E-state index < -0.39 is 4.92 Å². The van der Waals surface area contributed by atoms with E-state index >= 15 is 0 Å². The summed E-state index contributed by atoms with van der Waals surface area (Å²) in [6.45, 7) is 2.55. The number of anilines is 1. The molecule has 0 saturated carbocycles. The molecule has 0 atom stereocenters. The first-order valence-corrected chi connectivity index (χ1v) is 12.9. The van der Waals surface area contributed by atoms with Crippen LogP contribution in [-0.4, -0.2) is 49.0 Å².